The first kappa shape index (κ1) is 12.3. The van der Waals surface area contributed by atoms with Crippen molar-refractivity contribution in [2.75, 3.05) is 0 Å². The van der Waals surface area contributed by atoms with Crippen LogP contribution in [0.3, 0.4) is 0 Å². The fraction of sp³-hybridized carbons (Fsp3) is 0.273. The Labute approximate surface area is 112 Å². The maximum atomic E-state index is 11.8. The monoisotopic (exact) mass is 313 g/mol. The van der Waals surface area contributed by atoms with Gasteiger partial charge in [0.15, 0.2) is 0 Å². The first-order valence-electron chi connectivity index (χ1n) is 5.16. The number of carbonyl (C=O) groups is 1. The molecular weight excluding hydrogens is 302 g/mol. The van der Waals surface area contributed by atoms with E-state index in [0.717, 1.165) is 9.35 Å². The zero-order chi connectivity index (χ0) is 12.3. The molecule has 0 aromatic carbocycles. The van der Waals surface area contributed by atoms with Gasteiger partial charge in [-0.25, -0.2) is 0 Å². The second kappa shape index (κ2) is 5.46. The van der Waals surface area contributed by atoms with Crippen molar-refractivity contribution in [1.82, 2.24) is 15.1 Å². The predicted molar refractivity (Wildman–Crippen MR) is 70.8 cm³/mol. The number of rotatable bonds is 4. The first-order valence-corrected chi connectivity index (χ1v) is 6.84. The van der Waals surface area contributed by atoms with Gasteiger partial charge in [0.05, 0.1) is 6.54 Å². The molecule has 0 aliphatic heterocycles. The Kier molecular flexibility index (Phi) is 3.96. The number of nitrogens with zero attached hydrogens (tertiary/aromatic N) is 2. The van der Waals surface area contributed by atoms with Crippen LogP contribution in [0.5, 0.6) is 0 Å². The number of amides is 1. The van der Waals surface area contributed by atoms with Gasteiger partial charge in [0.2, 0.25) is 5.91 Å². The average molecular weight is 314 g/mol. The fourth-order valence-electron chi connectivity index (χ4n) is 1.40. The Morgan fingerprint density at radius 2 is 2.53 bits per heavy atom. The molecule has 0 fully saturated rings. The summed E-state index contributed by atoms with van der Waals surface area (Å²) in [6.07, 6.45) is 3.45. The Bertz CT molecular complexity index is 495. The maximum absolute atomic E-state index is 11.8. The lowest BCUT2D eigenvalue weighted by Crippen LogP contribution is -2.30. The van der Waals surface area contributed by atoms with Gasteiger partial charge < -0.3 is 5.32 Å². The predicted octanol–water partition coefficient (Wildman–Crippen LogP) is 2.58. The van der Waals surface area contributed by atoms with Crippen LogP contribution in [0.25, 0.3) is 0 Å². The zero-order valence-corrected chi connectivity index (χ0v) is 11.7. The average Bonchev–Trinajstić information content (AvgIpc) is 2.95. The molecule has 1 amide bonds. The quantitative estimate of drug-likeness (QED) is 0.943. The highest BCUT2D eigenvalue weighted by molar-refractivity contribution is 9.10. The summed E-state index contributed by atoms with van der Waals surface area (Å²) < 4.78 is 2.69. The highest BCUT2D eigenvalue weighted by Crippen LogP contribution is 2.19. The van der Waals surface area contributed by atoms with Crippen LogP contribution in [0.4, 0.5) is 0 Å². The van der Waals surface area contributed by atoms with Crippen LogP contribution in [0, 0.1) is 0 Å². The van der Waals surface area contributed by atoms with Crippen LogP contribution in [0.15, 0.2) is 34.4 Å². The Hall–Kier alpha value is -1.14. The number of nitrogens with one attached hydrogen (secondary N) is 1. The number of carbonyl (C=O) groups excluding carboxylic acids is 1. The highest BCUT2D eigenvalue weighted by atomic mass is 79.9. The minimum atomic E-state index is -0.284. The molecule has 2 heterocycles. The van der Waals surface area contributed by atoms with E-state index in [2.05, 4.69) is 26.3 Å². The standard InChI is InChI=1S/C11H12BrN3OS/c1-8(15-4-2-3-14-15)11(16)13-6-10-5-9(12)7-17-10/h2-5,7-8H,6H2,1H3,(H,13,16)/t8-/m0/s1. The molecule has 0 bridgehead atoms. The molecule has 0 spiro atoms. The van der Waals surface area contributed by atoms with Crippen molar-refractivity contribution in [2.45, 2.75) is 19.5 Å². The smallest absolute Gasteiger partial charge is 0.244 e. The van der Waals surface area contributed by atoms with E-state index in [-0.39, 0.29) is 11.9 Å². The third kappa shape index (κ3) is 3.17. The molecule has 0 saturated heterocycles. The van der Waals surface area contributed by atoms with Gasteiger partial charge in [-0.2, -0.15) is 5.10 Å². The Morgan fingerprint density at radius 3 is 3.12 bits per heavy atom. The number of halogens is 1. The summed E-state index contributed by atoms with van der Waals surface area (Å²) in [6, 6.07) is 3.53. The molecule has 6 heteroatoms. The summed E-state index contributed by atoms with van der Waals surface area (Å²) in [6.45, 7) is 2.38. The van der Waals surface area contributed by atoms with E-state index in [1.54, 1.807) is 34.5 Å². The summed E-state index contributed by atoms with van der Waals surface area (Å²) >= 11 is 5.00. The van der Waals surface area contributed by atoms with Crippen molar-refractivity contribution in [3.8, 4) is 0 Å². The van der Waals surface area contributed by atoms with Gasteiger partial charge in [0, 0.05) is 27.1 Å². The van der Waals surface area contributed by atoms with Gasteiger partial charge in [-0.05, 0) is 35.0 Å². The van der Waals surface area contributed by atoms with E-state index in [1.807, 2.05) is 18.4 Å². The molecule has 2 aromatic heterocycles. The molecule has 1 atom stereocenters. The van der Waals surface area contributed by atoms with Crippen molar-refractivity contribution < 1.29 is 4.79 Å². The molecule has 90 valence electrons. The van der Waals surface area contributed by atoms with E-state index in [4.69, 9.17) is 0 Å². The molecule has 0 radical (unpaired) electrons. The SMILES string of the molecule is C[C@@H](C(=O)NCc1cc(Br)cs1)n1cccn1. The summed E-state index contributed by atoms with van der Waals surface area (Å²) in [4.78, 5) is 13.0. The summed E-state index contributed by atoms with van der Waals surface area (Å²) in [5.74, 6) is -0.0294. The molecule has 0 aliphatic carbocycles. The van der Waals surface area contributed by atoms with E-state index < -0.39 is 0 Å². The van der Waals surface area contributed by atoms with Gasteiger partial charge in [0.25, 0.3) is 0 Å². The molecule has 2 aromatic rings. The van der Waals surface area contributed by atoms with Gasteiger partial charge in [-0.15, -0.1) is 11.3 Å². The van der Waals surface area contributed by atoms with Crippen molar-refractivity contribution in [3.63, 3.8) is 0 Å². The number of hydrogen-bond acceptors (Lipinski definition) is 3. The van der Waals surface area contributed by atoms with Crippen LogP contribution in [-0.2, 0) is 11.3 Å². The van der Waals surface area contributed by atoms with Crippen molar-refractivity contribution >= 4 is 33.2 Å². The largest absolute Gasteiger partial charge is 0.349 e. The first-order chi connectivity index (χ1) is 8.16. The minimum absolute atomic E-state index is 0.0294. The normalized spacial score (nSPS) is 12.4. The van der Waals surface area contributed by atoms with E-state index in [9.17, 15) is 4.79 Å². The van der Waals surface area contributed by atoms with E-state index >= 15 is 0 Å². The topological polar surface area (TPSA) is 46.9 Å². The van der Waals surface area contributed by atoms with Gasteiger partial charge in [0.1, 0.15) is 6.04 Å². The van der Waals surface area contributed by atoms with Gasteiger partial charge in [-0.3, -0.25) is 9.48 Å². The van der Waals surface area contributed by atoms with Crippen LogP contribution in [-0.4, -0.2) is 15.7 Å². The van der Waals surface area contributed by atoms with Crippen molar-refractivity contribution in [3.05, 3.63) is 39.3 Å². The number of hydrogen-bond donors (Lipinski definition) is 1. The van der Waals surface area contributed by atoms with Gasteiger partial charge >= 0.3 is 0 Å². The second-order valence-electron chi connectivity index (χ2n) is 3.61. The molecule has 17 heavy (non-hydrogen) atoms. The van der Waals surface area contributed by atoms with Crippen LogP contribution in [0.2, 0.25) is 0 Å². The third-order valence-electron chi connectivity index (χ3n) is 2.36. The zero-order valence-electron chi connectivity index (χ0n) is 9.26. The van der Waals surface area contributed by atoms with Crippen LogP contribution >= 0.6 is 27.3 Å². The number of thiophene rings is 1. The lowest BCUT2D eigenvalue weighted by molar-refractivity contribution is -0.124. The third-order valence-corrected chi connectivity index (χ3v) is 4.06. The number of aromatic nitrogens is 2. The summed E-state index contributed by atoms with van der Waals surface area (Å²) in [5, 5.41) is 8.94. The molecule has 1 N–H and O–H groups in total. The van der Waals surface area contributed by atoms with Gasteiger partial charge in [-0.1, -0.05) is 0 Å². The second-order valence-corrected chi connectivity index (χ2v) is 5.52. The molecule has 2 rings (SSSR count). The van der Waals surface area contributed by atoms with Crippen molar-refractivity contribution in [1.29, 1.82) is 0 Å². The Balaban J connectivity index is 1.89. The van der Waals surface area contributed by atoms with Crippen LogP contribution in [0.1, 0.15) is 17.8 Å². The molecule has 4 nitrogen and oxygen atoms in total. The lowest BCUT2D eigenvalue weighted by Gasteiger charge is -2.11. The van der Waals surface area contributed by atoms with Crippen LogP contribution < -0.4 is 5.32 Å². The summed E-state index contributed by atoms with van der Waals surface area (Å²) in [7, 11) is 0. The van der Waals surface area contributed by atoms with E-state index in [1.165, 1.54) is 0 Å². The summed E-state index contributed by atoms with van der Waals surface area (Å²) in [5.41, 5.74) is 0. The minimum Gasteiger partial charge on any atom is -0.349 e. The molecule has 0 saturated carbocycles. The maximum Gasteiger partial charge on any atom is 0.244 e. The molecule has 0 aliphatic rings. The molecule has 0 unspecified atom stereocenters. The van der Waals surface area contributed by atoms with Crippen molar-refractivity contribution in [2.24, 2.45) is 0 Å². The highest BCUT2D eigenvalue weighted by Gasteiger charge is 2.14. The lowest BCUT2D eigenvalue weighted by atomic mass is 10.3. The fourth-order valence-corrected chi connectivity index (χ4v) is 2.79. The Morgan fingerprint density at radius 1 is 1.71 bits per heavy atom. The molecular formula is C11H12BrN3OS. The van der Waals surface area contributed by atoms with E-state index in [0.29, 0.717) is 6.54 Å².